The largest absolute Gasteiger partial charge is 0.494 e. The Hall–Kier alpha value is -3.14. The van der Waals surface area contributed by atoms with Crippen LogP contribution in [-0.4, -0.2) is 39.6 Å². The molecule has 2 aromatic carbocycles. The maximum atomic E-state index is 13.7. The van der Waals surface area contributed by atoms with Gasteiger partial charge in [-0.3, -0.25) is 9.36 Å². The molecule has 4 rings (SSSR count). The van der Waals surface area contributed by atoms with Gasteiger partial charge in [0.2, 0.25) is 11.9 Å². The number of halogens is 2. The van der Waals surface area contributed by atoms with E-state index in [1.54, 1.807) is 0 Å². The summed E-state index contributed by atoms with van der Waals surface area (Å²) in [5.41, 5.74) is 0.917. The van der Waals surface area contributed by atoms with Crippen molar-refractivity contribution in [2.24, 2.45) is 0 Å². The van der Waals surface area contributed by atoms with Crippen molar-refractivity contribution in [3.8, 4) is 5.75 Å². The van der Waals surface area contributed by atoms with Gasteiger partial charge in [-0.15, -0.1) is 10.2 Å². The number of nitrogens with one attached hydrogen (secondary N) is 1. The van der Waals surface area contributed by atoms with Gasteiger partial charge >= 0.3 is 0 Å². The lowest BCUT2D eigenvalue weighted by atomic mass is 10.3. The quantitative estimate of drug-likeness (QED) is 0.573. The number of amides is 1. The summed E-state index contributed by atoms with van der Waals surface area (Å²) in [5.74, 6) is -0.394. The molecule has 1 aromatic heterocycles. The van der Waals surface area contributed by atoms with Crippen LogP contribution in [0.4, 0.5) is 26.1 Å². The number of carbonyl (C=O) groups is 1. The van der Waals surface area contributed by atoms with Crippen LogP contribution in [0.1, 0.15) is 6.92 Å². The molecule has 0 radical (unpaired) electrons. The van der Waals surface area contributed by atoms with Crippen LogP contribution in [0, 0.1) is 11.6 Å². The first-order valence-corrected chi connectivity index (χ1v) is 10.3. The Morgan fingerprint density at radius 3 is 2.70 bits per heavy atom. The van der Waals surface area contributed by atoms with E-state index in [0.717, 1.165) is 30.1 Å². The molecule has 1 aliphatic rings. The first-order chi connectivity index (χ1) is 14.5. The van der Waals surface area contributed by atoms with E-state index < -0.39 is 17.5 Å². The number of fused-ring (bicyclic) bond motifs is 1. The summed E-state index contributed by atoms with van der Waals surface area (Å²) in [4.78, 5) is 14.2. The van der Waals surface area contributed by atoms with Gasteiger partial charge in [-0.25, -0.2) is 8.78 Å². The number of rotatable bonds is 7. The third kappa shape index (κ3) is 4.23. The summed E-state index contributed by atoms with van der Waals surface area (Å²) < 4.78 is 34.1. The van der Waals surface area contributed by atoms with Crippen molar-refractivity contribution >= 4 is 35.0 Å². The molecule has 0 spiro atoms. The van der Waals surface area contributed by atoms with Crippen LogP contribution >= 0.6 is 11.8 Å². The summed E-state index contributed by atoms with van der Waals surface area (Å²) in [5, 5.41) is 11.5. The molecule has 0 saturated carbocycles. The molecule has 2 heterocycles. The second-order valence-corrected chi connectivity index (χ2v) is 7.42. The minimum atomic E-state index is -0.817. The van der Waals surface area contributed by atoms with Gasteiger partial charge in [0.1, 0.15) is 17.4 Å². The van der Waals surface area contributed by atoms with Crippen molar-refractivity contribution < 1.29 is 18.3 Å². The molecule has 30 heavy (non-hydrogen) atoms. The van der Waals surface area contributed by atoms with E-state index >= 15 is 0 Å². The summed E-state index contributed by atoms with van der Waals surface area (Å²) in [6.07, 6.45) is 0. The van der Waals surface area contributed by atoms with Gasteiger partial charge in [-0.05, 0) is 43.3 Å². The summed E-state index contributed by atoms with van der Waals surface area (Å²) in [6, 6.07) is 10.8. The number of hydrogen-bond acceptors (Lipinski definition) is 6. The molecule has 1 amide bonds. The molecule has 7 nitrogen and oxygen atoms in total. The molecule has 1 N–H and O–H groups in total. The number of aromatic nitrogens is 3. The molecule has 0 unspecified atom stereocenters. The lowest BCUT2D eigenvalue weighted by molar-refractivity contribution is -0.113. The Morgan fingerprint density at radius 2 is 1.97 bits per heavy atom. The average Bonchev–Trinajstić information content (AvgIpc) is 3.32. The Morgan fingerprint density at radius 1 is 1.17 bits per heavy atom. The number of ether oxygens (including phenoxy) is 1. The highest BCUT2D eigenvalue weighted by Crippen LogP contribution is 2.33. The van der Waals surface area contributed by atoms with Crippen LogP contribution in [0.2, 0.25) is 0 Å². The van der Waals surface area contributed by atoms with Gasteiger partial charge in [0, 0.05) is 24.8 Å². The van der Waals surface area contributed by atoms with Gasteiger partial charge in [-0.1, -0.05) is 11.8 Å². The first kappa shape index (κ1) is 20.1. The van der Waals surface area contributed by atoms with E-state index in [0.29, 0.717) is 24.3 Å². The van der Waals surface area contributed by atoms with Crippen LogP contribution in [0.25, 0.3) is 0 Å². The molecule has 0 atom stereocenters. The highest BCUT2D eigenvalue weighted by Gasteiger charge is 2.26. The fourth-order valence-corrected chi connectivity index (χ4v) is 3.88. The molecule has 156 valence electrons. The molecular weight excluding hydrogens is 412 g/mol. The van der Waals surface area contributed by atoms with Crippen LogP contribution in [-0.2, 0) is 11.3 Å². The van der Waals surface area contributed by atoms with Crippen molar-refractivity contribution in [1.29, 1.82) is 0 Å². The molecule has 0 aliphatic carbocycles. The predicted octanol–water partition coefficient (Wildman–Crippen LogP) is 3.84. The van der Waals surface area contributed by atoms with Crippen LogP contribution in [0.5, 0.6) is 5.75 Å². The van der Waals surface area contributed by atoms with Gasteiger partial charge in [-0.2, -0.15) is 0 Å². The predicted molar refractivity (Wildman–Crippen MR) is 110 cm³/mol. The van der Waals surface area contributed by atoms with Crippen LogP contribution in [0.15, 0.2) is 47.6 Å². The Labute approximate surface area is 176 Å². The van der Waals surface area contributed by atoms with E-state index in [2.05, 4.69) is 15.5 Å². The van der Waals surface area contributed by atoms with Crippen molar-refractivity contribution in [2.75, 3.05) is 29.1 Å². The summed E-state index contributed by atoms with van der Waals surface area (Å²) in [6.45, 7) is 3.97. The monoisotopic (exact) mass is 431 g/mol. The zero-order chi connectivity index (χ0) is 21.1. The maximum absolute atomic E-state index is 13.7. The molecule has 0 fully saturated rings. The fraction of sp³-hybridized carbons (Fsp3) is 0.250. The van der Waals surface area contributed by atoms with Gasteiger partial charge in [0.15, 0.2) is 5.16 Å². The second kappa shape index (κ2) is 8.70. The van der Waals surface area contributed by atoms with Crippen LogP contribution < -0.4 is 15.0 Å². The number of anilines is 3. The molecule has 1 aliphatic heterocycles. The summed E-state index contributed by atoms with van der Waals surface area (Å²) >= 11 is 1.21. The van der Waals surface area contributed by atoms with E-state index in [1.807, 2.05) is 40.7 Å². The number of carbonyl (C=O) groups excluding carboxylic acids is 1. The van der Waals surface area contributed by atoms with Gasteiger partial charge in [0.05, 0.1) is 18.0 Å². The normalized spacial score (nSPS) is 12.7. The Balaban J connectivity index is 1.39. The summed E-state index contributed by atoms with van der Waals surface area (Å²) in [7, 11) is 0. The van der Waals surface area contributed by atoms with E-state index in [-0.39, 0.29) is 11.4 Å². The molecule has 0 bridgehead atoms. The van der Waals surface area contributed by atoms with Crippen molar-refractivity contribution in [2.45, 2.75) is 18.6 Å². The van der Waals surface area contributed by atoms with E-state index in [9.17, 15) is 13.6 Å². The standard InChI is InChI=1S/C20H19F2N5O2S/c1-2-29-15-6-4-14(5-7-15)26-9-10-27-19(26)24-25-20(27)30-12-18(28)23-17-8-3-13(21)11-16(17)22/h3-8,11H,2,9-10,12H2,1H3,(H,23,28). The number of thioether (sulfide) groups is 1. The van der Waals surface area contributed by atoms with E-state index in [4.69, 9.17) is 4.74 Å². The minimum absolute atomic E-state index is 0.0258. The van der Waals surface area contributed by atoms with Crippen molar-refractivity contribution in [3.05, 3.63) is 54.1 Å². The molecule has 3 aromatic rings. The zero-order valence-electron chi connectivity index (χ0n) is 16.1. The number of nitrogens with zero attached hydrogens (tertiary/aromatic N) is 4. The third-order valence-corrected chi connectivity index (χ3v) is 5.45. The highest BCUT2D eigenvalue weighted by atomic mass is 32.2. The van der Waals surface area contributed by atoms with E-state index in [1.165, 1.54) is 17.8 Å². The SMILES string of the molecule is CCOc1ccc(N2CCn3c(SCC(=O)Nc4ccc(F)cc4F)nnc32)cc1. The Bertz CT molecular complexity index is 1060. The minimum Gasteiger partial charge on any atom is -0.494 e. The lowest BCUT2D eigenvalue weighted by Gasteiger charge is -2.15. The van der Waals surface area contributed by atoms with Crippen molar-refractivity contribution in [3.63, 3.8) is 0 Å². The topological polar surface area (TPSA) is 72.3 Å². The smallest absolute Gasteiger partial charge is 0.234 e. The van der Waals surface area contributed by atoms with Gasteiger partial charge < -0.3 is 15.0 Å². The molecule has 0 saturated heterocycles. The third-order valence-electron chi connectivity index (χ3n) is 4.48. The lowest BCUT2D eigenvalue weighted by Crippen LogP contribution is -2.15. The molecular formula is C20H19F2N5O2S. The fourth-order valence-electron chi connectivity index (χ4n) is 3.12. The zero-order valence-corrected chi connectivity index (χ0v) is 17.0. The van der Waals surface area contributed by atoms with Crippen LogP contribution in [0.3, 0.4) is 0 Å². The second-order valence-electron chi connectivity index (χ2n) is 6.47. The van der Waals surface area contributed by atoms with Crippen molar-refractivity contribution in [1.82, 2.24) is 14.8 Å². The number of hydrogen-bond donors (Lipinski definition) is 1. The first-order valence-electron chi connectivity index (χ1n) is 9.36. The maximum Gasteiger partial charge on any atom is 0.234 e. The average molecular weight is 431 g/mol. The number of benzene rings is 2. The van der Waals surface area contributed by atoms with Gasteiger partial charge in [0.25, 0.3) is 0 Å². The highest BCUT2D eigenvalue weighted by molar-refractivity contribution is 7.99. The molecule has 10 heteroatoms. The Kier molecular flexibility index (Phi) is 5.84.